The Bertz CT molecular complexity index is 906. The van der Waals surface area contributed by atoms with E-state index in [2.05, 4.69) is 20.6 Å². The first-order chi connectivity index (χ1) is 12.7. The van der Waals surface area contributed by atoms with Gasteiger partial charge in [0, 0.05) is 5.69 Å². The fourth-order valence-corrected chi connectivity index (χ4v) is 2.60. The molecule has 0 saturated heterocycles. The minimum Gasteiger partial charge on any atom is -0.368 e. The van der Waals surface area contributed by atoms with E-state index in [9.17, 15) is 14.4 Å². The summed E-state index contributed by atoms with van der Waals surface area (Å²) in [6.07, 6.45) is 0.456. The van der Waals surface area contributed by atoms with Gasteiger partial charge >= 0.3 is 0 Å². The second-order valence-electron chi connectivity index (χ2n) is 6.73. The maximum Gasteiger partial charge on any atom is 0.267 e. The van der Waals surface area contributed by atoms with Crippen molar-refractivity contribution in [2.45, 2.75) is 33.2 Å². The third-order valence-electron chi connectivity index (χ3n) is 3.81. The van der Waals surface area contributed by atoms with E-state index in [0.717, 1.165) is 5.56 Å². The number of rotatable bonds is 8. The van der Waals surface area contributed by atoms with Crippen molar-refractivity contribution in [3.05, 3.63) is 45.7 Å². The van der Waals surface area contributed by atoms with Crippen molar-refractivity contribution in [3.8, 4) is 0 Å². The molecule has 0 fully saturated rings. The summed E-state index contributed by atoms with van der Waals surface area (Å²) in [5.41, 5.74) is 11.3. The fraction of sp³-hybridized carbons (Fsp3) is 0.333. The van der Waals surface area contributed by atoms with Crippen LogP contribution in [0.5, 0.6) is 0 Å². The third-order valence-corrected chi connectivity index (χ3v) is 3.81. The third kappa shape index (κ3) is 5.30. The summed E-state index contributed by atoms with van der Waals surface area (Å²) in [4.78, 5) is 42.4. The molecule has 1 heterocycles. The maximum absolute atomic E-state index is 12.3. The molecule has 0 aliphatic rings. The van der Waals surface area contributed by atoms with Crippen molar-refractivity contribution in [1.82, 2.24) is 9.97 Å². The minimum atomic E-state index is -0.918. The molecule has 9 nitrogen and oxygen atoms in total. The quantitative estimate of drug-likeness (QED) is 0.469. The molecule has 7 N–H and O–H groups in total. The normalized spacial score (nSPS) is 11.9. The summed E-state index contributed by atoms with van der Waals surface area (Å²) in [5.74, 6) is -1.29. The lowest BCUT2D eigenvalue weighted by Crippen LogP contribution is -2.38. The Kier molecular flexibility index (Phi) is 6.17. The van der Waals surface area contributed by atoms with Crippen molar-refractivity contribution in [1.29, 1.82) is 0 Å². The zero-order valence-electron chi connectivity index (χ0n) is 15.5. The number of H-pyrrole nitrogens is 1. The van der Waals surface area contributed by atoms with Crippen LogP contribution in [0, 0.1) is 12.8 Å². The zero-order valence-corrected chi connectivity index (χ0v) is 15.5. The molecule has 2 amide bonds. The SMILES string of the molecule is Cc1cccc(Nc2nc(NC(CC(C)C)C(N)=O)[nH]c(=O)c2C(N)=O)c1. The van der Waals surface area contributed by atoms with Crippen molar-refractivity contribution in [2.24, 2.45) is 17.4 Å². The van der Waals surface area contributed by atoms with Gasteiger partial charge < -0.3 is 22.1 Å². The number of benzene rings is 1. The fourth-order valence-electron chi connectivity index (χ4n) is 2.60. The van der Waals surface area contributed by atoms with Gasteiger partial charge in [0.05, 0.1) is 0 Å². The molecule has 2 aromatic rings. The Labute approximate surface area is 156 Å². The molecular formula is C18H24N6O3. The molecule has 0 bridgehead atoms. The Morgan fingerprint density at radius 2 is 1.96 bits per heavy atom. The molecule has 1 aromatic carbocycles. The predicted octanol–water partition coefficient (Wildman–Crippen LogP) is 1.23. The monoisotopic (exact) mass is 372 g/mol. The number of primary amides is 2. The van der Waals surface area contributed by atoms with Crippen LogP contribution < -0.4 is 27.7 Å². The van der Waals surface area contributed by atoms with E-state index in [1.54, 1.807) is 6.07 Å². The van der Waals surface area contributed by atoms with Crippen LogP contribution in [0.25, 0.3) is 0 Å². The number of carbonyl (C=O) groups is 2. The first-order valence-electron chi connectivity index (χ1n) is 8.51. The Morgan fingerprint density at radius 1 is 1.26 bits per heavy atom. The van der Waals surface area contributed by atoms with Gasteiger partial charge in [-0.2, -0.15) is 4.98 Å². The van der Waals surface area contributed by atoms with E-state index in [1.807, 2.05) is 39.0 Å². The number of aromatic amines is 1. The molecule has 144 valence electrons. The van der Waals surface area contributed by atoms with Gasteiger partial charge in [0.25, 0.3) is 11.5 Å². The molecule has 0 spiro atoms. The van der Waals surface area contributed by atoms with Crippen LogP contribution in [0.15, 0.2) is 29.1 Å². The van der Waals surface area contributed by atoms with Gasteiger partial charge in [-0.3, -0.25) is 19.4 Å². The largest absolute Gasteiger partial charge is 0.368 e. The Hall–Kier alpha value is -3.36. The van der Waals surface area contributed by atoms with E-state index in [1.165, 1.54) is 0 Å². The van der Waals surface area contributed by atoms with Gasteiger partial charge in [-0.25, -0.2) is 0 Å². The highest BCUT2D eigenvalue weighted by Gasteiger charge is 2.21. The molecule has 0 aliphatic carbocycles. The molecular weight excluding hydrogens is 348 g/mol. The number of nitrogens with one attached hydrogen (secondary N) is 3. The molecule has 0 radical (unpaired) electrons. The van der Waals surface area contributed by atoms with Gasteiger partial charge in [0.2, 0.25) is 11.9 Å². The second kappa shape index (κ2) is 8.35. The van der Waals surface area contributed by atoms with Crippen molar-refractivity contribution < 1.29 is 9.59 Å². The summed E-state index contributed by atoms with van der Waals surface area (Å²) in [6, 6.07) is 6.59. The number of aromatic nitrogens is 2. The van der Waals surface area contributed by atoms with E-state index >= 15 is 0 Å². The van der Waals surface area contributed by atoms with Crippen molar-refractivity contribution in [2.75, 3.05) is 10.6 Å². The van der Waals surface area contributed by atoms with Crippen LogP contribution in [-0.4, -0.2) is 27.8 Å². The first kappa shape index (κ1) is 20.0. The standard InChI is InChI=1S/C18H24N6O3/c1-9(2)7-12(14(19)25)22-18-23-16(13(15(20)26)17(27)24-18)21-11-6-4-5-10(3)8-11/h4-6,8-9,12H,7H2,1-3H3,(H2,19,25)(H2,20,26)(H3,21,22,23,24,27). The molecule has 0 aliphatic heterocycles. The summed E-state index contributed by atoms with van der Waals surface area (Å²) in [6.45, 7) is 5.78. The van der Waals surface area contributed by atoms with Gasteiger partial charge in [0.1, 0.15) is 11.6 Å². The topological polar surface area (TPSA) is 156 Å². The van der Waals surface area contributed by atoms with Crippen molar-refractivity contribution in [3.63, 3.8) is 0 Å². The zero-order chi connectivity index (χ0) is 20.1. The molecule has 9 heteroatoms. The van der Waals surface area contributed by atoms with Crippen LogP contribution in [0.2, 0.25) is 0 Å². The molecule has 1 unspecified atom stereocenters. The minimum absolute atomic E-state index is 0.00730. The average Bonchev–Trinajstić information content (AvgIpc) is 2.52. The first-order valence-corrected chi connectivity index (χ1v) is 8.51. The van der Waals surface area contributed by atoms with E-state index in [4.69, 9.17) is 11.5 Å². The summed E-state index contributed by atoms with van der Waals surface area (Å²) in [7, 11) is 0. The van der Waals surface area contributed by atoms with Crippen LogP contribution >= 0.6 is 0 Å². The molecule has 0 saturated carbocycles. The number of aryl methyl sites for hydroxylation is 1. The predicted molar refractivity (Wildman–Crippen MR) is 104 cm³/mol. The Balaban J connectivity index is 2.43. The highest BCUT2D eigenvalue weighted by atomic mass is 16.2. The number of amides is 2. The van der Waals surface area contributed by atoms with E-state index in [-0.39, 0.29) is 23.2 Å². The van der Waals surface area contributed by atoms with Crippen LogP contribution in [0.4, 0.5) is 17.5 Å². The smallest absolute Gasteiger partial charge is 0.267 e. The van der Waals surface area contributed by atoms with Crippen LogP contribution in [-0.2, 0) is 4.79 Å². The lowest BCUT2D eigenvalue weighted by atomic mass is 10.0. The number of hydrogen-bond donors (Lipinski definition) is 5. The average molecular weight is 372 g/mol. The molecule has 27 heavy (non-hydrogen) atoms. The van der Waals surface area contributed by atoms with Crippen LogP contribution in [0.3, 0.4) is 0 Å². The second-order valence-corrected chi connectivity index (χ2v) is 6.73. The van der Waals surface area contributed by atoms with E-state index < -0.39 is 23.4 Å². The number of carbonyl (C=O) groups excluding carboxylic acids is 2. The maximum atomic E-state index is 12.3. The Morgan fingerprint density at radius 3 is 2.52 bits per heavy atom. The van der Waals surface area contributed by atoms with Gasteiger partial charge in [0.15, 0.2) is 5.82 Å². The van der Waals surface area contributed by atoms with Crippen LogP contribution in [0.1, 0.15) is 36.2 Å². The van der Waals surface area contributed by atoms with Gasteiger partial charge in [-0.15, -0.1) is 0 Å². The van der Waals surface area contributed by atoms with Crippen molar-refractivity contribution >= 4 is 29.3 Å². The molecule has 2 rings (SSSR count). The number of anilines is 3. The van der Waals surface area contributed by atoms with Gasteiger partial charge in [-0.1, -0.05) is 26.0 Å². The summed E-state index contributed by atoms with van der Waals surface area (Å²) >= 11 is 0. The molecule has 1 aromatic heterocycles. The summed E-state index contributed by atoms with van der Waals surface area (Å²) in [5, 5.41) is 5.75. The number of nitrogens with zero attached hydrogens (tertiary/aromatic N) is 1. The highest BCUT2D eigenvalue weighted by Crippen LogP contribution is 2.19. The molecule has 1 atom stereocenters. The number of hydrogen-bond acceptors (Lipinski definition) is 6. The van der Waals surface area contributed by atoms with E-state index in [0.29, 0.717) is 12.1 Å². The summed E-state index contributed by atoms with van der Waals surface area (Å²) < 4.78 is 0. The lowest BCUT2D eigenvalue weighted by Gasteiger charge is -2.18. The van der Waals surface area contributed by atoms with Gasteiger partial charge in [-0.05, 0) is 37.0 Å². The number of nitrogens with two attached hydrogens (primary N) is 2. The highest BCUT2D eigenvalue weighted by molar-refractivity contribution is 5.98. The lowest BCUT2D eigenvalue weighted by molar-refractivity contribution is -0.119.